The third-order valence-electron chi connectivity index (χ3n) is 7.80. The summed E-state index contributed by atoms with van der Waals surface area (Å²) in [5.74, 6) is 1.91. The van der Waals surface area contributed by atoms with Crippen molar-refractivity contribution in [1.29, 1.82) is 0 Å². The third kappa shape index (κ3) is 9.05. The molecule has 7 heteroatoms. The second kappa shape index (κ2) is 16.2. The van der Waals surface area contributed by atoms with Gasteiger partial charge in [-0.15, -0.1) is 0 Å². The minimum absolute atomic E-state index is 0. The summed E-state index contributed by atoms with van der Waals surface area (Å²) in [6, 6.07) is 37.1. The molecule has 0 atom stereocenters. The summed E-state index contributed by atoms with van der Waals surface area (Å²) >= 11 is 0. The van der Waals surface area contributed by atoms with E-state index < -0.39 is 15.5 Å². The molecular weight excluding hydrogens is 594 g/mol. The largest absolute Gasteiger partial charge is 1.00 e. The number of hydrogen-bond donors (Lipinski definition) is 0. The molecule has 0 spiro atoms. The molecule has 0 unspecified atom stereocenters. The van der Waals surface area contributed by atoms with Crippen molar-refractivity contribution in [3.8, 4) is 0 Å². The van der Waals surface area contributed by atoms with E-state index >= 15 is 0 Å². The summed E-state index contributed by atoms with van der Waals surface area (Å²) in [6.07, 6.45) is 0. The van der Waals surface area contributed by atoms with Crippen molar-refractivity contribution in [2.75, 3.05) is 0 Å². The van der Waals surface area contributed by atoms with Gasteiger partial charge in [0.1, 0.15) is 15.9 Å². The van der Waals surface area contributed by atoms with Gasteiger partial charge in [-0.25, -0.2) is 10.2 Å². The first-order chi connectivity index (χ1) is 20.2. The first-order valence-corrected chi connectivity index (χ1v) is 17.1. The average molecular weight is 642 g/mol. The molecular formula is C36H48BCuN4P+. The van der Waals surface area contributed by atoms with E-state index in [0.29, 0.717) is 23.7 Å². The van der Waals surface area contributed by atoms with E-state index in [4.69, 9.17) is 10.2 Å². The van der Waals surface area contributed by atoms with Crippen molar-refractivity contribution in [3.05, 3.63) is 126 Å². The molecule has 4 nitrogen and oxygen atoms in total. The van der Waals surface area contributed by atoms with Gasteiger partial charge in [-0.05, 0) is 83.6 Å². The molecule has 230 valence electrons. The maximum absolute atomic E-state index is 4.89. The maximum Gasteiger partial charge on any atom is 1.00 e. The fourth-order valence-corrected chi connectivity index (χ4v) is 8.05. The average Bonchev–Trinajstić information content (AvgIpc) is 3.61. The minimum Gasteiger partial charge on any atom is -0.426 e. The van der Waals surface area contributed by atoms with Crippen molar-refractivity contribution in [3.63, 3.8) is 0 Å². The molecule has 43 heavy (non-hydrogen) atoms. The summed E-state index contributed by atoms with van der Waals surface area (Å²) in [7, 11) is -1.52. The predicted octanol–water partition coefficient (Wildman–Crippen LogP) is 7.14. The number of hydrogen-bond acceptors (Lipinski definition) is 2. The van der Waals surface area contributed by atoms with Crippen LogP contribution < -0.4 is 15.9 Å². The van der Waals surface area contributed by atoms with Crippen LogP contribution in [0.5, 0.6) is 0 Å². The van der Waals surface area contributed by atoms with Gasteiger partial charge in [-0.1, -0.05) is 110 Å². The van der Waals surface area contributed by atoms with E-state index in [1.54, 1.807) is 0 Å². The molecule has 0 radical (unpaired) electrons. The molecule has 3 aromatic carbocycles. The molecule has 0 fully saturated rings. The molecule has 0 aliphatic rings. The van der Waals surface area contributed by atoms with Crippen LogP contribution in [0.25, 0.3) is 0 Å². The summed E-state index contributed by atoms with van der Waals surface area (Å²) in [4.78, 5) is 0. The molecule has 5 aromatic rings. The molecule has 0 bridgehead atoms. The molecule has 2 heterocycles. The molecule has 0 amide bonds. The Morgan fingerprint density at radius 2 is 0.791 bits per heavy atom. The minimum atomic E-state index is -0.877. The van der Waals surface area contributed by atoms with E-state index in [2.05, 4.69) is 168 Å². The summed E-state index contributed by atoms with van der Waals surface area (Å²) in [5, 5.41) is 14.1. The summed E-state index contributed by atoms with van der Waals surface area (Å²) in [6.45, 7) is 17.8. The first-order valence-electron chi connectivity index (χ1n) is 15.6. The molecule has 5 rings (SSSR count). The maximum atomic E-state index is 4.89. The van der Waals surface area contributed by atoms with E-state index in [1.807, 2.05) is 0 Å². The Morgan fingerprint density at radius 3 is 1.05 bits per heavy atom. The van der Waals surface area contributed by atoms with Crippen LogP contribution in [0, 0.1) is 0 Å². The fourth-order valence-electron chi connectivity index (χ4n) is 5.47. The fraction of sp³-hybridized carbons (Fsp3) is 0.333. The Hall–Kier alpha value is -2.91. The van der Waals surface area contributed by atoms with Crippen LogP contribution in [0.2, 0.25) is 0 Å². The van der Waals surface area contributed by atoms with Crippen molar-refractivity contribution in [2.24, 2.45) is 0 Å². The zero-order chi connectivity index (χ0) is 30.2. The second-order valence-corrected chi connectivity index (χ2v) is 15.0. The molecule has 0 N–H and O–H groups in total. The quantitative estimate of drug-likeness (QED) is 0.127. The number of nitrogens with zero attached hydrogens (tertiary/aromatic N) is 4. The third-order valence-corrected chi connectivity index (χ3v) is 10.5. The summed E-state index contributed by atoms with van der Waals surface area (Å²) in [5.41, 5.74) is 5.06. The van der Waals surface area contributed by atoms with Gasteiger partial charge in [-0.2, -0.15) is 0 Å². The molecule has 0 aliphatic heterocycles. The van der Waals surface area contributed by atoms with Crippen molar-refractivity contribution >= 4 is 31.4 Å². The standard InChI is InChI=1S/C18H32BN4.C18H15P.Cu/c1-11(2)15-9-17(13(5)6)22(20-15)19-23-18(14(7)8)10-16(21-23)12(3)4;1-4-10-16(11-5-1)19(17-12-6-2-7-13-17)18-14-8-3-9-15-18;/h9-14H,19H2,1-8H3;1-15H;/q-1;;+1/p+1. The van der Waals surface area contributed by atoms with E-state index in [9.17, 15) is 0 Å². The van der Waals surface area contributed by atoms with Crippen molar-refractivity contribution in [1.82, 2.24) is 19.4 Å². The molecule has 0 aliphatic carbocycles. The van der Waals surface area contributed by atoms with Crippen LogP contribution in [0.1, 0.15) is 102 Å². The van der Waals surface area contributed by atoms with Crippen LogP contribution in [0.15, 0.2) is 103 Å². The number of benzene rings is 3. The van der Waals surface area contributed by atoms with Crippen LogP contribution in [0.4, 0.5) is 0 Å². The van der Waals surface area contributed by atoms with Crippen LogP contribution in [0.3, 0.4) is 0 Å². The van der Waals surface area contributed by atoms with Gasteiger partial charge >= 0.3 is 17.1 Å². The van der Waals surface area contributed by atoms with Gasteiger partial charge in [0.15, 0.2) is 7.55 Å². The van der Waals surface area contributed by atoms with Crippen LogP contribution >= 0.6 is 7.92 Å². The van der Waals surface area contributed by atoms with Gasteiger partial charge in [0, 0.05) is 0 Å². The SMILES string of the molecule is CC(C)c1cc(C(C)C)n([BH2-]n2nc(C(C)C)cc2C(C)C)n1.[Cu+].c1ccc([PH+](c2ccccc2)c2ccccc2)cc1. The van der Waals surface area contributed by atoms with Gasteiger partial charge in [-0.3, -0.25) is 0 Å². The topological polar surface area (TPSA) is 35.6 Å². The Kier molecular flexibility index (Phi) is 13.1. The van der Waals surface area contributed by atoms with Gasteiger partial charge in [0.05, 0.1) is 19.3 Å². The van der Waals surface area contributed by atoms with Gasteiger partial charge in [0.2, 0.25) is 0 Å². The number of rotatable bonds is 9. The van der Waals surface area contributed by atoms with Gasteiger partial charge < -0.3 is 9.19 Å². The monoisotopic (exact) mass is 641 g/mol. The van der Waals surface area contributed by atoms with Crippen molar-refractivity contribution in [2.45, 2.75) is 79.1 Å². The molecule has 0 saturated heterocycles. The zero-order valence-electron chi connectivity index (χ0n) is 27.2. The second-order valence-electron chi connectivity index (χ2n) is 12.5. The Labute approximate surface area is 271 Å². The molecule has 2 aromatic heterocycles. The van der Waals surface area contributed by atoms with Crippen molar-refractivity contribution < 1.29 is 17.1 Å². The zero-order valence-corrected chi connectivity index (χ0v) is 29.2. The Balaban J connectivity index is 0.000000233. The Bertz CT molecular complexity index is 1360. The van der Waals surface area contributed by atoms with E-state index in [1.165, 1.54) is 38.7 Å². The van der Waals surface area contributed by atoms with Crippen LogP contribution in [-0.4, -0.2) is 26.9 Å². The van der Waals surface area contributed by atoms with Gasteiger partial charge in [0.25, 0.3) is 0 Å². The summed E-state index contributed by atoms with van der Waals surface area (Å²) < 4.78 is 4.51. The van der Waals surface area contributed by atoms with E-state index in [-0.39, 0.29) is 17.1 Å². The normalized spacial score (nSPS) is 11.3. The number of aromatic nitrogens is 4. The first kappa shape index (κ1) is 34.6. The smallest absolute Gasteiger partial charge is 0.426 e. The Morgan fingerprint density at radius 1 is 0.488 bits per heavy atom. The molecule has 0 saturated carbocycles. The predicted molar refractivity (Wildman–Crippen MR) is 187 cm³/mol. The van der Waals surface area contributed by atoms with E-state index in [0.717, 1.165) is 0 Å². The van der Waals surface area contributed by atoms with Crippen LogP contribution in [-0.2, 0) is 17.1 Å².